The van der Waals surface area contributed by atoms with E-state index in [0.717, 1.165) is 0 Å². The molecule has 3 rings (SSSR count). The standard InChI is InChI=1S/C27H35N3O5S/c1-19(2)9-10-22-11-12-26-24(14-22)35-25(20(3)16-30(21(4)18-31)36(26,33)34)17-29(5)27(32)15-23-8-6-7-13-28-23/h6-8,11-14,19-21,25,31H,15-18H2,1-5H3/t20-,21+,25+/m1/s1. The van der Waals surface area contributed by atoms with Gasteiger partial charge in [-0.25, -0.2) is 8.42 Å². The molecule has 1 aliphatic heterocycles. The van der Waals surface area contributed by atoms with Crippen LogP contribution >= 0.6 is 0 Å². The summed E-state index contributed by atoms with van der Waals surface area (Å²) in [6, 6.07) is 9.64. The van der Waals surface area contributed by atoms with Crippen molar-refractivity contribution in [2.24, 2.45) is 11.8 Å². The second-order valence-electron chi connectivity index (χ2n) is 9.60. The normalized spacial score (nSPS) is 20.2. The Balaban J connectivity index is 1.96. The summed E-state index contributed by atoms with van der Waals surface area (Å²) in [5.41, 5.74) is 1.32. The van der Waals surface area contributed by atoms with E-state index in [1.807, 2.05) is 26.8 Å². The van der Waals surface area contributed by atoms with E-state index < -0.39 is 22.2 Å². The number of carbonyl (C=O) groups is 1. The van der Waals surface area contributed by atoms with Crippen LogP contribution in [0.4, 0.5) is 0 Å². The molecular weight excluding hydrogens is 478 g/mol. The number of fused-ring (bicyclic) bond motifs is 1. The van der Waals surface area contributed by atoms with Gasteiger partial charge in [0, 0.05) is 48.9 Å². The lowest BCUT2D eigenvalue weighted by Crippen LogP contribution is -2.50. The van der Waals surface area contributed by atoms with Gasteiger partial charge in [-0.2, -0.15) is 4.31 Å². The van der Waals surface area contributed by atoms with Gasteiger partial charge in [0.05, 0.1) is 19.6 Å². The van der Waals surface area contributed by atoms with Crippen molar-refractivity contribution in [3.8, 4) is 17.6 Å². The summed E-state index contributed by atoms with van der Waals surface area (Å²) in [7, 11) is -2.23. The van der Waals surface area contributed by atoms with E-state index in [2.05, 4.69) is 16.8 Å². The highest BCUT2D eigenvalue weighted by atomic mass is 32.2. The lowest BCUT2D eigenvalue weighted by Gasteiger charge is -2.37. The van der Waals surface area contributed by atoms with Gasteiger partial charge in [-0.05, 0) is 37.3 Å². The molecule has 8 nitrogen and oxygen atoms in total. The van der Waals surface area contributed by atoms with Crippen molar-refractivity contribution in [3.63, 3.8) is 0 Å². The fourth-order valence-corrected chi connectivity index (χ4v) is 5.74. The maximum absolute atomic E-state index is 13.6. The van der Waals surface area contributed by atoms with E-state index in [4.69, 9.17) is 4.74 Å². The quantitative estimate of drug-likeness (QED) is 0.596. The molecule has 0 saturated carbocycles. The van der Waals surface area contributed by atoms with Gasteiger partial charge in [0.2, 0.25) is 15.9 Å². The number of benzene rings is 1. The molecule has 9 heteroatoms. The van der Waals surface area contributed by atoms with Gasteiger partial charge in [0.25, 0.3) is 0 Å². The molecule has 2 aromatic rings. The van der Waals surface area contributed by atoms with Crippen molar-refractivity contribution in [1.29, 1.82) is 0 Å². The molecule has 1 aromatic heterocycles. The maximum atomic E-state index is 13.6. The molecule has 36 heavy (non-hydrogen) atoms. The van der Waals surface area contributed by atoms with Crippen molar-refractivity contribution in [1.82, 2.24) is 14.2 Å². The third kappa shape index (κ3) is 6.64. The Bertz CT molecular complexity index is 1220. The Morgan fingerprint density at radius 3 is 2.67 bits per heavy atom. The first-order chi connectivity index (χ1) is 17.0. The molecule has 0 spiro atoms. The second kappa shape index (κ2) is 11.9. The highest BCUT2D eigenvalue weighted by Crippen LogP contribution is 2.34. The predicted molar refractivity (Wildman–Crippen MR) is 138 cm³/mol. The third-order valence-corrected chi connectivity index (χ3v) is 8.13. The number of nitrogens with zero attached hydrogens (tertiary/aromatic N) is 3. The number of aromatic nitrogens is 1. The summed E-state index contributed by atoms with van der Waals surface area (Å²) in [6.45, 7) is 7.61. The van der Waals surface area contributed by atoms with E-state index >= 15 is 0 Å². The number of hydrogen-bond donors (Lipinski definition) is 1. The van der Waals surface area contributed by atoms with E-state index in [1.54, 1.807) is 49.3 Å². The minimum Gasteiger partial charge on any atom is -0.487 e. The van der Waals surface area contributed by atoms with Crippen LogP contribution in [-0.2, 0) is 21.2 Å². The molecule has 1 aromatic carbocycles. The number of likely N-dealkylation sites (N-methyl/N-ethyl adjacent to an activating group) is 1. The predicted octanol–water partition coefficient (Wildman–Crippen LogP) is 2.56. The van der Waals surface area contributed by atoms with Crippen LogP contribution in [0.3, 0.4) is 0 Å². The number of rotatable bonds is 6. The minimum absolute atomic E-state index is 0.0252. The average molecular weight is 514 g/mol. The first kappa shape index (κ1) is 27.7. The number of carbonyl (C=O) groups excluding carboxylic acids is 1. The fourth-order valence-electron chi connectivity index (χ4n) is 3.91. The van der Waals surface area contributed by atoms with Gasteiger partial charge in [-0.1, -0.05) is 38.7 Å². The topological polar surface area (TPSA) is 100 Å². The van der Waals surface area contributed by atoms with Crippen LogP contribution in [0.15, 0.2) is 47.5 Å². The Morgan fingerprint density at radius 2 is 2.03 bits per heavy atom. The number of aliphatic hydroxyl groups excluding tert-OH is 1. The molecule has 194 valence electrons. The Kier molecular flexibility index (Phi) is 9.12. The van der Waals surface area contributed by atoms with E-state index in [0.29, 0.717) is 11.3 Å². The molecule has 1 amide bonds. The smallest absolute Gasteiger partial charge is 0.247 e. The van der Waals surface area contributed by atoms with Crippen LogP contribution in [0, 0.1) is 23.7 Å². The molecule has 2 heterocycles. The summed E-state index contributed by atoms with van der Waals surface area (Å²) >= 11 is 0. The van der Waals surface area contributed by atoms with Gasteiger partial charge < -0.3 is 14.7 Å². The molecule has 0 radical (unpaired) electrons. The van der Waals surface area contributed by atoms with Crippen molar-refractivity contribution >= 4 is 15.9 Å². The third-order valence-electron chi connectivity index (χ3n) is 6.11. The highest BCUT2D eigenvalue weighted by Gasteiger charge is 2.38. The zero-order valence-corrected chi connectivity index (χ0v) is 22.3. The number of hydrogen-bond acceptors (Lipinski definition) is 6. The average Bonchev–Trinajstić information content (AvgIpc) is 2.84. The van der Waals surface area contributed by atoms with Gasteiger partial charge in [0.15, 0.2) is 0 Å². The second-order valence-corrected chi connectivity index (χ2v) is 11.5. The Labute approximate surface area is 214 Å². The number of amides is 1. The summed E-state index contributed by atoms with van der Waals surface area (Å²) in [5, 5.41) is 9.79. The first-order valence-corrected chi connectivity index (χ1v) is 13.6. The summed E-state index contributed by atoms with van der Waals surface area (Å²) < 4.78 is 34.8. The molecule has 0 aliphatic carbocycles. The van der Waals surface area contributed by atoms with Crippen LogP contribution < -0.4 is 4.74 Å². The van der Waals surface area contributed by atoms with Gasteiger partial charge in [-0.15, -0.1) is 0 Å². The van der Waals surface area contributed by atoms with Crippen LogP contribution in [0.25, 0.3) is 0 Å². The lowest BCUT2D eigenvalue weighted by atomic mass is 10.0. The van der Waals surface area contributed by atoms with Gasteiger partial charge in [0.1, 0.15) is 16.7 Å². The summed E-state index contributed by atoms with van der Waals surface area (Å²) in [6.07, 6.45) is 1.32. The van der Waals surface area contributed by atoms with Crippen molar-refractivity contribution < 1.29 is 23.1 Å². The fraction of sp³-hybridized carbons (Fsp3) is 0.481. The van der Waals surface area contributed by atoms with Crippen LogP contribution in [0.1, 0.15) is 39.0 Å². The summed E-state index contributed by atoms with van der Waals surface area (Å²) in [4.78, 5) is 18.7. The minimum atomic E-state index is -3.93. The molecule has 0 unspecified atom stereocenters. The number of sulfonamides is 1. The molecule has 0 bridgehead atoms. The number of ether oxygens (including phenoxy) is 1. The molecular formula is C27H35N3O5S. The largest absolute Gasteiger partial charge is 0.487 e. The zero-order chi connectivity index (χ0) is 26.5. The molecule has 0 saturated heterocycles. The number of aliphatic hydroxyl groups is 1. The first-order valence-electron chi connectivity index (χ1n) is 12.1. The van der Waals surface area contributed by atoms with E-state index in [-0.39, 0.29) is 54.5 Å². The van der Waals surface area contributed by atoms with Gasteiger partial charge in [-0.3, -0.25) is 9.78 Å². The zero-order valence-electron chi connectivity index (χ0n) is 21.5. The molecule has 1 aliphatic rings. The molecule has 3 atom stereocenters. The molecule has 1 N–H and O–H groups in total. The monoisotopic (exact) mass is 513 g/mol. The summed E-state index contributed by atoms with van der Waals surface area (Å²) in [5.74, 6) is 6.12. The highest BCUT2D eigenvalue weighted by molar-refractivity contribution is 7.89. The SMILES string of the molecule is CC(C)C#Cc1ccc2c(c1)O[C@@H](CN(C)C(=O)Cc1ccccn1)[C@H](C)CN([C@@H](C)CO)S2(=O)=O. The van der Waals surface area contributed by atoms with Crippen LogP contribution in [0.5, 0.6) is 5.75 Å². The van der Waals surface area contributed by atoms with Gasteiger partial charge >= 0.3 is 0 Å². The number of pyridine rings is 1. The van der Waals surface area contributed by atoms with Crippen molar-refractivity contribution in [2.75, 3.05) is 26.7 Å². The van der Waals surface area contributed by atoms with Crippen molar-refractivity contribution in [2.45, 2.75) is 51.2 Å². The molecule has 0 fully saturated rings. The Hall–Kier alpha value is -2.93. The maximum Gasteiger partial charge on any atom is 0.247 e. The van der Waals surface area contributed by atoms with E-state index in [9.17, 15) is 18.3 Å². The lowest BCUT2D eigenvalue weighted by molar-refractivity contribution is -0.130. The van der Waals surface area contributed by atoms with Crippen LogP contribution in [0.2, 0.25) is 0 Å². The van der Waals surface area contributed by atoms with Crippen LogP contribution in [-0.4, -0.2) is 72.5 Å². The van der Waals surface area contributed by atoms with E-state index in [1.165, 1.54) is 10.4 Å². The van der Waals surface area contributed by atoms with Crippen molar-refractivity contribution in [3.05, 3.63) is 53.9 Å². The Morgan fingerprint density at radius 1 is 1.28 bits per heavy atom.